The number of aromatic nitrogens is 3. The molecule has 0 bridgehead atoms. The zero-order valence-corrected chi connectivity index (χ0v) is 10.7. The van der Waals surface area contributed by atoms with Gasteiger partial charge in [-0.1, -0.05) is 32.9 Å². The minimum atomic E-state index is -0.320. The number of nitrogens with zero attached hydrogens (tertiary/aromatic N) is 2. The Morgan fingerprint density at radius 2 is 1.89 bits per heavy atom. The van der Waals surface area contributed by atoms with E-state index in [2.05, 4.69) is 41.3 Å². The monoisotopic (exact) mass is 244 g/mol. The maximum atomic E-state index is 11.7. The number of amides is 1. The summed E-state index contributed by atoms with van der Waals surface area (Å²) in [5.74, 6) is -0.186. The highest BCUT2D eigenvalue weighted by molar-refractivity contribution is 6.01. The number of carbonyl (C=O) groups excluding carboxylic acids is 1. The van der Waals surface area contributed by atoms with Gasteiger partial charge < -0.3 is 5.32 Å². The molecular weight excluding hydrogens is 228 g/mol. The van der Waals surface area contributed by atoms with Crippen molar-refractivity contribution < 1.29 is 4.79 Å². The Morgan fingerprint density at radius 3 is 2.39 bits per heavy atom. The van der Waals surface area contributed by atoms with Gasteiger partial charge in [-0.3, -0.25) is 9.89 Å². The number of aromatic amines is 1. The number of anilines is 1. The quantitative estimate of drug-likeness (QED) is 0.851. The molecule has 1 heterocycles. The van der Waals surface area contributed by atoms with Crippen LogP contribution in [0.15, 0.2) is 30.6 Å². The molecule has 0 saturated heterocycles. The van der Waals surface area contributed by atoms with Crippen molar-refractivity contribution in [2.75, 3.05) is 5.32 Å². The van der Waals surface area contributed by atoms with E-state index in [0.29, 0.717) is 0 Å². The summed E-state index contributed by atoms with van der Waals surface area (Å²) in [4.78, 5) is 15.5. The molecule has 1 aromatic carbocycles. The number of nitrogens with one attached hydrogen (secondary N) is 2. The number of benzene rings is 1. The minimum Gasteiger partial charge on any atom is -0.319 e. The van der Waals surface area contributed by atoms with Crippen molar-refractivity contribution in [1.82, 2.24) is 15.2 Å². The van der Waals surface area contributed by atoms with Crippen LogP contribution in [0.3, 0.4) is 0 Å². The van der Waals surface area contributed by atoms with Gasteiger partial charge >= 0.3 is 0 Å². The standard InChI is InChI=1S/C13H16N4O/c1-13(2,3)9-4-6-10(7-5-9)16-12(18)11-14-8-15-17-11/h4-8H,1-3H3,(H,16,18)(H,14,15,17). The van der Waals surface area contributed by atoms with Crippen LogP contribution in [0, 0.1) is 0 Å². The van der Waals surface area contributed by atoms with Crippen LogP contribution >= 0.6 is 0 Å². The van der Waals surface area contributed by atoms with Crippen LogP contribution in [0.1, 0.15) is 37.0 Å². The van der Waals surface area contributed by atoms with Gasteiger partial charge in [0, 0.05) is 5.69 Å². The summed E-state index contributed by atoms with van der Waals surface area (Å²) < 4.78 is 0. The second-order valence-electron chi connectivity index (χ2n) is 5.10. The largest absolute Gasteiger partial charge is 0.319 e. The Balaban J connectivity index is 2.09. The molecule has 0 aliphatic rings. The zero-order valence-electron chi connectivity index (χ0n) is 10.7. The van der Waals surface area contributed by atoms with Gasteiger partial charge in [-0.2, -0.15) is 0 Å². The van der Waals surface area contributed by atoms with Crippen LogP contribution in [0.4, 0.5) is 5.69 Å². The van der Waals surface area contributed by atoms with Crippen molar-refractivity contribution in [3.8, 4) is 0 Å². The Kier molecular flexibility index (Phi) is 3.14. The zero-order chi connectivity index (χ0) is 13.2. The fourth-order valence-corrected chi connectivity index (χ4v) is 1.56. The van der Waals surface area contributed by atoms with Gasteiger partial charge in [0.25, 0.3) is 5.91 Å². The van der Waals surface area contributed by atoms with Crippen molar-refractivity contribution in [1.29, 1.82) is 0 Å². The predicted molar refractivity (Wildman–Crippen MR) is 69.5 cm³/mol. The Morgan fingerprint density at radius 1 is 1.22 bits per heavy atom. The molecule has 2 aromatic rings. The Bertz CT molecular complexity index is 523. The van der Waals surface area contributed by atoms with Crippen LogP contribution in [-0.2, 0) is 5.41 Å². The van der Waals surface area contributed by atoms with Crippen LogP contribution in [0.2, 0.25) is 0 Å². The summed E-state index contributed by atoms with van der Waals surface area (Å²) in [5, 5.41) is 8.96. The molecule has 2 N–H and O–H groups in total. The molecule has 0 unspecified atom stereocenters. The van der Waals surface area contributed by atoms with E-state index in [0.717, 1.165) is 5.69 Å². The lowest BCUT2D eigenvalue weighted by molar-refractivity contribution is 0.101. The first kappa shape index (κ1) is 12.3. The van der Waals surface area contributed by atoms with E-state index in [1.807, 2.05) is 24.3 Å². The fraction of sp³-hybridized carbons (Fsp3) is 0.308. The van der Waals surface area contributed by atoms with Gasteiger partial charge in [-0.05, 0) is 23.1 Å². The van der Waals surface area contributed by atoms with Gasteiger partial charge in [0.15, 0.2) is 0 Å². The normalized spacial score (nSPS) is 11.3. The number of hydrogen-bond acceptors (Lipinski definition) is 3. The van der Waals surface area contributed by atoms with E-state index in [1.165, 1.54) is 11.9 Å². The molecule has 5 heteroatoms. The molecule has 5 nitrogen and oxygen atoms in total. The molecule has 0 spiro atoms. The molecule has 94 valence electrons. The van der Waals surface area contributed by atoms with Gasteiger partial charge in [0.1, 0.15) is 6.33 Å². The van der Waals surface area contributed by atoms with Crippen molar-refractivity contribution in [2.24, 2.45) is 0 Å². The fourth-order valence-electron chi connectivity index (χ4n) is 1.56. The first-order valence-electron chi connectivity index (χ1n) is 5.74. The van der Waals surface area contributed by atoms with Crippen molar-refractivity contribution >= 4 is 11.6 Å². The van der Waals surface area contributed by atoms with E-state index in [-0.39, 0.29) is 17.1 Å². The summed E-state index contributed by atoms with van der Waals surface area (Å²) in [6.07, 6.45) is 1.37. The highest BCUT2D eigenvalue weighted by atomic mass is 16.2. The second-order valence-corrected chi connectivity index (χ2v) is 5.10. The van der Waals surface area contributed by atoms with E-state index in [9.17, 15) is 4.79 Å². The SMILES string of the molecule is CC(C)(C)c1ccc(NC(=O)c2nc[nH]n2)cc1. The molecule has 0 atom stereocenters. The van der Waals surface area contributed by atoms with Crippen LogP contribution in [0.25, 0.3) is 0 Å². The molecule has 0 saturated carbocycles. The number of carbonyl (C=O) groups is 1. The second kappa shape index (κ2) is 4.60. The first-order chi connectivity index (χ1) is 8.47. The molecular formula is C13H16N4O. The Hall–Kier alpha value is -2.17. The maximum absolute atomic E-state index is 11.7. The van der Waals surface area contributed by atoms with Gasteiger partial charge in [0.05, 0.1) is 0 Å². The lowest BCUT2D eigenvalue weighted by Gasteiger charge is -2.19. The maximum Gasteiger partial charge on any atom is 0.295 e. The van der Waals surface area contributed by atoms with Crippen molar-refractivity contribution in [3.63, 3.8) is 0 Å². The predicted octanol–water partition coefficient (Wildman–Crippen LogP) is 2.35. The summed E-state index contributed by atoms with van der Waals surface area (Å²) in [6.45, 7) is 6.44. The molecule has 0 aliphatic heterocycles. The van der Waals surface area contributed by atoms with Crippen LogP contribution in [-0.4, -0.2) is 21.1 Å². The highest BCUT2D eigenvalue weighted by Gasteiger charge is 2.14. The third kappa shape index (κ3) is 2.74. The Labute approximate surface area is 106 Å². The molecule has 2 rings (SSSR count). The van der Waals surface area contributed by atoms with E-state index < -0.39 is 0 Å². The summed E-state index contributed by atoms with van der Waals surface area (Å²) in [7, 11) is 0. The van der Waals surface area contributed by atoms with Crippen LogP contribution < -0.4 is 5.32 Å². The van der Waals surface area contributed by atoms with Crippen LogP contribution in [0.5, 0.6) is 0 Å². The van der Waals surface area contributed by atoms with Gasteiger partial charge in [0.2, 0.25) is 5.82 Å². The highest BCUT2D eigenvalue weighted by Crippen LogP contribution is 2.23. The molecule has 0 aliphatic carbocycles. The summed E-state index contributed by atoms with van der Waals surface area (Å²) >= 11 is 0. The number of hydrogen-bond donors (Lipinski definition) is 2. The third-order valence-corrected chi connectivity index (χ3v) is 2.63. The minimum absolute atomic E-state index is 0.103. The molecule has 0 fully saturated rings. The molecule has 1 aromatic heterocycles. The van der Waals surface area contributed by atoms with Gasteiger partial charge in [-0.15, -0.1) is 5.10 Å². The van der Waals surface area contributed by atoms with Gasteiger partial charge in [-0.25, -0.2) is 4.98 Å². The smallest absolute Gasteiger partial charge is 0.295 e. The lowest BCUT2D eigenvalue weighted by Crippen LogP contribution is -2.14. The average Bonchev–Trinajstić information content (AvgIpc) is 2.82. The number of rotatable bonds is 2. The van der Waals surface area contributed by atoms with E-state index >= 15 is 0 Å². The van der Waals surface area contributed by atoms with E-state index in [1.54, 1.807) is 0 Å². The third-order valence-electron chi connectivity index (χ3n) is 2.63. The topological polar surface area (TPSA) is 70.7 Å². The average molecular weight is 244 g/mol. The number of H-pyrrole nitrogens is 1. The lowest BCUT2D eigenvalue weighted by atomic mass is 9.87. The van der Waals surface area contributed by atoms with E-state index in [4.69, 9.17) is 0 Å². The van der Waals surface area contributed by atoms with Crippen molar-refractivity contribution in [3.05, 3.63) is 42.0 Å². The molecule has 0 radical (unpaired) electrons. The molecule has 18 heavy (non-hydrogen) atoms. The first-order valence-corrected chi connectivity index (χ1v) is 5.74. The molecule has 1 amide bonds. The van der Waals surface area contributed by atoms with Crippen molar-refractivity contribution in [2.45, 2.75) is 26.2 Å². The summed E-state index contributed by atoms with van der Waals surface area (Å²) in [6, 6.07) is 7.78. The summed E-state index contributed by atoms with van der Waals surface area (Å²) in [5.41, 5.74) is 2.06.